The van der Waals surface area contributed by atoms with E-state index < -0.39 is 24.3 Å². The number of hydrogen-bond donors (Lipinski definition) is 0. The van der Waals surface area contributed by atoms with Crippen LogP contribution in [0, 0.1) is 20.2 Å². The van der Waals surface area contributed by atoms with Crippen LogP contribution in [0.4, 0.5) is 0 Å². The predicted octanol–water partition coefficient (Wildman–Crippen LogP) is 9.46. The summed E-state index contributed by atoms with van der Waals surface area (Å²) in [5, 5.41) is 27.1. The zero-order valence-electron chi connectivity index (χ0n) is 24.0. The number of fused-ring (bicyclic) bond motifs is 6. The molecule has 2 aliphatic heterocycles. The van der Waals surface area contributed by atoms with Crippen LogP contribution < -0.4 is 9.47 Å². The minimum Gasteiger partial charge on any atom is -0.429 e. The van der Waals surface area contributed by atoms with Crippen LogP contribution in [0.2, 0.25) is 0 Å². The molecule has 228 valence electrons. The molecule has 0 aliphatic carbocycles. The second-order valence-electron chi connectivity index (χ2n) is 11.0. The van der Waals surface area contributed by atoms with Gasteiger partial charge in [0.2, 0.25) is 0 Å². The van der Waals surface area contributed by atoms with Crippen LogP contribution in [0.15, 0.2) is 130 Å². The fraction of sp³-hybridized carbons (Fsp3) is 0.111. The van der Waals surface area contributed by atoms with E-state index in [-0.39, 0.29) is 9.85 Å². The third kappa shape index (κ3) is 5.37. The summed E-state index contributed by atoms with van der Waals surface area (Å²) in [6.07, 6.45) is -2.20. The third-order valence-corrected chi connectivity index (χ3v) is 9.38. The van der Waals surface area contributed by atoms with Crippen LogP contribution in [0.1, 0.15) is 34.1 Å². The lowest BCUT2D eigenvalue weighted by Gasteiger charge is -2.14. The lowest BCUT2D eigenvalue weighted by atomic mass is 9.88. The van der Waals surface area contributed by atoms with Gasteiger partial charge in [-0.15, -0.1) is 0 Å². The molecule has 0 saturated heterocycles. The average Bonchev–Trinajstić information content (AvgIpc) is 3.66. The van der Waals surface area contributed by atoms with Crippen molar-refractivity contribution in [1.82, 2.24) is 0 Å². The van der Waals surface area contributed by atoms with Crippen LogP contribution in [0.3, 0.4) is 0 Å². The first-order valence-corrected chi connectivity index (χ1v) is 16.0. The number of halogens is 2. The Labute approximate surface area is 280 Å². The number of nitro groups is 2. The smallest absolute Gasteiger partial charge is 0.364 e. The molecule has 8 nitrogen and oxygen atoms in total. The topological polar surface area (TPSA) is 105 Å². The van der Waals surface area contributed by atoms with Gasteiger partial charge in [0.1, 0.15) is 23.3 Å². The largest absolute Gasteiger partial charge is 0.429 e. The first kappa shape index (κ1) is 29.9. The summed E-state index contributed by atoms with van der Waals surface area (Å²) in [6.45, 7) is 0. The SMILES string of the molecule is O=[N+]([O-])[C@H]1Oc2ccc3ccc(Br)cc3c2[C@@H]1c1ccccc1.O=[N+]([O-])[C@H]1Oc2ccc3ccc(Br)cc3c2[C@@H]1c1ccccc1. The Balaban J connectivity index is 0.000000147. The van der Waals surface area contributed by atoms with Crippen LogP contribution in [0.5, 0.6) is 11.5 Å². The second-order valence-corrected chi connectivity index (χ2v) is 12.9. The lowest BCUT2D eigenvalue weighted by molar-refractivity contribution is -0.562. The van der Waals surface area contributed by atoms with Gasteiger partial charge in [-0.3, -0.25) is 20.2 Å². The number of rotatable bonds is 4. The number of nitrogens with zero attached hydrogens (tertiary/aromatic N) is 2. The monoisotopic (exact) mass is 738 g/mol. The summed E-state index contributed by atoms with van der Waals surface area (Å²) in [4.78, 5) is 22.4. The van der Waals surface area contributed by atoms with Crippen molar-refractivity contribution in [3.63, 3.8) is 0 Å². The quantitative estimate of drug-likeness (QED) is 0.132. The standard InChI is InChI=1S/2C18H12BrNO3/c2*19-13-8-6-11-7-9-15-17(14(11)10-13)16(18(23-15)20(21)22)12-4-2-1-3-5-12/h2*1-10,16,18H/t2*16-,18-/m00/s1. The molecule has 2 aliphatic rings. The van der Waals surface area contributed by atoms with Gasteiger partial charge in [0.25, 0.3) is 0 Å². The van der Waals surface area contributed by atoms with Crippen molar-refractivity contribution >= 4 is 53.4 Å². The molecule has 0 bridgehead atoms. The molecule has 0 spiro atoms. The first-order valence-electron chi connectivity index (χ1n) is 14.4. The van der Waals surface area contributed by atoms with Crippen molar-refractivity contribution in [1.29, 1.82) is 0 Å². The van der Waals surface area contributed by atoms with E-state index >= 15 is 0 Å². The minimum atomic E-state index is -1.10. The molecular formula is C36H24Br2N2O6. The molecule has 0 fully saturated rings. The Morgan fingerprint density at radius 3 is 1.26 bits per heavy atom. The number of ether oxygens (including phenoxy) is 2. The predicted molar refractivity (Wildman–Crippen MR) is 183 cm³/mol. The maximum absolute atomic E-state index is 11.5. The van der Waals surface area contributed by atoms with Crippen LogP contribution >= 0.6 is 31.9 Å². The molecule has 0 radical (unpaired) electrons. The second kappa shape index (κ2) is 12.2. The molecule has 6 aromatic carbocycles. The summed E-state index contributed by atoms with van der Waals surface area (Å²) >= 11 is 6.97. The Morgan fingerprint density at radius 2 is 0.891 bits per heavy atom. The highest BCUT2D eigenvalue weighted by atomic mass is 79.9. The third-order valence-electron chi connectivity index (χ3n) is 8.39. The van der Waals surface area contributed by atoms with Gasteiger partial charge < -0.3 is 9.47 Å². The summed E-state index contributed by atoms with van der Waals surface area (Å²) in [7, 11) is 0. The highest BCUT2D eigenvalue weighted by Gasteiger charge is 2.46. The van der Waals surface area contributed by atoms with E-state index in [9.17, 15) is 20.2 Å². The van der Waals surface area contributed by atoms with E-state index in [1.165, 1.54) is 0 Å². The van der Waals surface area contributed by atoms with E-state index in [1.54, 1.807) is 0 Å². The van der Waals surface area contributed by atoms with Crippen LogP contribution in [-0.4, -0.2) is 22.3 Å². The molecule has 0 unspecified atom stereocenters. The normalized spacial score (nSPS) is 19.3. The maximum atomic E-state index is 11.5. The molecule has 0 aromatic heterocycles. The van der Waals surface area contributed by atoms with Crippen molar-refractivity contribution in [2.45, 2.75) is 24.3 Å². The molecule has 0 saturated carbocycles. The van der Waals surface area contributed by atoms with Crippen LogP contribution in [0.25, 0.3) is 21.5 Å². The summed E-state index contributed by atoms with van der Waals surface area (Å²) in [5.74, 6) is 0.343. The zero-order chi connectivity index (χ0) is 31.9. The maximum Gasteiger partial charge on any atom is 0.364 e. The molecule has 46 heavy (non-hydrogen) atoms. The van der Waals surface area contributed by atoms with Crippen molar-refractivity contribution in [3.8, 4) is 11.5 Å². The van der Waals surface area contributed by atoms with E-state index in [2.05, 4.69) is 31.9 Å². The number of hydrogen-bond acceptors (Lipinski definition) is 6. The van der Waals surface area contributed by atoms with E-state index in [0.29, 0.717) is 11.5 Å². The Morgan fingerprint density at radius 1 is 0.522 bits per heavy atom. The van der Waals surface area contributed by atoms with Crippen LogP contribution in [-0.2, 0) is 0 Å². The van der Waals surface area contributed by atoms with Crippen molar-refractivity contribution in [3.05, 3.63) is 173 Å². The molecule has 8 rings (SSSR count). The number of benzene rings is 6. The van der Waals surface area contributed by atoms with Gasteiger partial charge in [-0.1, -0.05) is 117 Å². The molecular weight excluding hydrogens is 716 g/mol. The summed E-state index contributed by atoms with van der Waals surface area (Å²) in [6, 6.07) is 38.5. The highest BCUT2D eigenvalue weighted by molar-refractivity contribution is 9.10. The Bertz CT molecular complexity index is 1970. The fourth-order valence-electron chi connectivity index (χ4n) is 6.43. The molecule has 2 heterocycles. The lowest BCUT2D eigenvalue weighted by Crippen LogP contribution is -2.28. The van der Waals surface area contributed by atoms with Gasteiger partial charge in [0.05, 0.1) is 9.85 Å². The van der Waals surface area contributed by atoms with Gasteiger partial charge in [-0.25, -0.2) is 0 Å². The fourth-order valence-corrected chi connectivity index (χ4v) is 7.15. The molecule has 0 N–H and O–H groups in total. The minimum absolute atomic E-state index is 0.346. The Kier molecular flexibility index (Phi) is 7.92. The average molecular weight is 740 g/mol. The molecule has 4 atom stereocenters. The van der Waals surface area contributed by atoms with Crippen molar-refractivity contribution in [2.24, 2.45) is 0 Å². The molecule has 6 aromatic rings. The first-order chi connectivity index (χ1) is 22.3. The van der Waals surface area contributed by atoms with E-state index in [0.717, 1.165) is 52.7 Å². The van der Waals surface area contributed by atoms with E-state index in [1.807, 2.05) is 121 Å². The highest BCUT2D eigenvalue weighted by Crippen LogP contribution is 2.48. The van der Waals surface area contributed by atoms with Gasteiger partial charge >= 0.3 is 12.5 Å². The molecule has 10 heteroatoms. The Hall–Kier alpha value is -4.80. The zero-order valence-corrected chi connectivity index (χ0v) is 27.1. The summed E-state index contributed by atoms with van der Waals surface area (Å²) < 4.78 is 13.2. The van der Waals surface area contributed by atoms with Gasteiger partial charge in [-0.2, -0.15) is 0 Å². The van der Waals surface area contributed by atoms with E-state index in [4.69, 9.17) is 9.47 Å². The van der Waals surface area contributed by atoms with Crippen molar-refractivity contribution in [2.75, 3.05) is 0 Å². The van der Waals surface area contributed by atoms with Gasteiger partial charge in [-0.05, 0) is 69.1 Å². The van der Waals surface area contributed by atoms with Gasteiger partial charge in [0, 0.05) is 20.1 Å². The molecule has 0 amide bonds. The summed E-state index contributed by atoms with van der Waals surface area (Å²) in [5.41, 5.74) is 3.55. The van der Waals surface area contributed by atoms with Gasteiger partial charge in [0.15, 0.2) is 0 Å². The van der Waals surface area contributed by atoms with Crippen molar-refractivity contribution < 1.29 is 19.3 Å².